The first-order chi connectivity index (χ1) is 10.1. The molecule has 1 N–H and O–H groups in total. The van der Waals surface area contributed by atoms with Gasteiger partial charge in [0.25, 0.3) is 15.9 Å². The van der Waals surface area contributed by atoms with Crippen LogP contribution in [0.5, 0.6) is 0 Å². The molecular weight excluding hydrogens is 292 g/mol. The van der Waals surface area contributed by atoms with E-state index in [2.05, 4.69) is 14.7 Å². The van der Waals surface area contributed by atoms with E-state index in [0.29, 0.717) is 5.69 Å². The zero-order valence-electron chi connectivity index (χ0n) is 10.9. The molecule has 0 fully saturated rings. The highest BCUT2D eigenvalue weighted by molar-refractivity contribution is 7.90. The van der Waals surface area contributed by atoms with Crippen LogP contribution < -0.4 is 5.32 Å². The van der Waals surface area contributed by atoms with Crippen LogP contribution in [0.25, 0.3) is 0 Å². The van der Waals surface area contributed by atoms with Crippen molar-refractivity contribution in [3.8, 4) is 0 Å². The van der Waals surface area contributed by atoms with Crippen molar-refractivity contribution < 1.29 is 13.2 Å². The lowest BCUT2D eigenvalue weighted by Crippen LogP contribution is -2.40. The minimum Gasteiger partial charge on any atom is -0.331 e. The summed E-state index contributed by atoms with van der Waals surface area (Å²) in [6, 6.07) is 3.29. The topological polar surface area (TPSA) is 91.7 Å². The van der Waals surface area contributed by atoms with E-state index in [-0.39, 0.29) is 23.7 Å². The first-order valence-corrected chi connectivity index (χ1v) is 7.86. The minimum atomic E-state index is -3.51. The van der Waals surface area contributed by atoms with Gasteiger partial charge in [0.15, 0.2) is 5.84 Å². The Kier molecular flexibility index (Phi) is 3.30. The second kappa shape index (κ2) is 5.13. The number of amidine groups is 1. The van der Waals surface area contributed by atoms with E-state index >= 15 is 0 Å². The highest BCUT2D eigenvalue weighted by Gasteiger charge is 2.29. The Hall–Kier alpha value is -2.48. The van der Waals surface area contributed by atoms with Gasteiger partial charge in [0, 0.05) is 30.8 Å². The molecule has 1 amide bonds. The third kappa shape index (κ3) is 2.84. The zero-order chi connectivity index (χ0) is 14.9. The molecule has 0 spiro atoms. The van der Waals surface area contributed by atoms with E-state index in [4.69, 9.17) is 0 Å². The predicted molar refractivity (Wildman–Crippen MR) is 78.0 cm³/mol. The summed E-state index contributed by atoms with van der Waals surface area (Å²) in [5, 5.41) is 2.69. The normalized spacial score (nSPS) is 19.3. The van der Waals surface area contributed by atoms with Crippen molar-refractivity contribution in [2.75, 3.05) is 17.6 Å². The first kappa shape index (κ1) is 13.5. The van der Waals surface area contributed by atoms with Crippen molar-refractivity contribution in [2.24, 2.45) is 4.40 Å². The molecular formula is C13H12N4O3S. The van der Waals surface area contributed by atoms with Gasteiger partial charge in [-0.2, -0.15) is 0 Å². The molecule has 2 aliphatic heterocycles. The Morgan fingerprint density at radius 3 is 2.81 bits per heavy atom. The summed E-state index contributed by atoms with van der Waals surface area (Å²) in [6.45, 7) is 0.289. The van der Waals surface area contributed by atoms with E-state index in [9.17, 15) is 13.2 Å². The van der Waals surface area contributed by atoms with Gasteiger partial charge in [-0.15, -0.1) is 4.40 Å². The molecule has 7 nitrogen and oxygen atoms in total. The van der Waals surface area contributed by atoms with Crippen molar-refractivity contribution in [1.82, 2.24) is 9.88 Å². The van der Waals surface area contributed by atoms with Crippen molar-refractivity contribution in [3.05, 3.63) is 48.5 Å². The van der Waals surface area contributed by atoms with E-state index in [1.807, 2.05) is 0 Å². The average molecular weight is 304 g/mol. The second-order valence-corrected chi connectivity index (χ2v) is 6.26. The number of sulfonamides is 1. The molecule has 1 aromatic heterocycles. The number of aromatic nitrogens is 1. The molecule has 8 heteroatoms. The quantitative estimate of drug-likeness (QED) is 0.860. The third-order valence-electron chi connectivity index (χ3n) is 3.04. The number of pyridine rings is 1. The van der Waals surface area contributed by atoms with Crippen LogP contribution in [0, 0.1) is 0 Å². The number of nitrogens with zero attached hydrogens (tertiary/aromatic N) is 3. The SMILES string of the molecule is O=C(Nc1ccncc1)C1=CC=CN2CCS(=O)(=O)N=C12. The fourth-order valence-electron chi connectivity index (χ4n) is 2.03. The van der Waals surface area contributed by atoms with Crippen molar-refractivity contribution in [1.29, 1.82) is 0 Å². The van der Waals surface area contributed by atoms with Gasteiger partial charge in [-0.05, 0) is 24.3 Å². The number of carbonyl (C=O) groups is 1. The van der Waals surface area contributed by atoms with Crippen LogP contribution in [0.4, 0.5) is 5.69 Å². The predicted octanol–water partition coefficient (Wildman–Crippen LogP) is 0.518. The number of rotatable bonds is 2. The largest absolute Gasteiger partial charge is 0.331 e. The average Bonchev–Trinajstić information content (AvgIpc) is 2.46. The number of carbonyl (C=O) groups excluding carboxylic acids is 1. The summed E-state index contributed by atoms with van der Waals surface area (Å²) in [6.07, 6.45) is 8.06. The van der Waals surface area contributed by atoms with Gasteiger partial charge in [-0.1, -0.05) is 0 Å². The van der Waals surface area contributed by atoms with Gasteiger partial charge in [0.05, 0.1) is 11.3 Å². The van der Waals surface area contributed by atoms with E-state index in [1.54, 1.807) is 47.8 Å². The number of amides is 1. The van der Waals surface area contributed by atoms with Crippen molar-refractivity contribution >= 4 is 27.5 Å². The highest BCUT2D eigenvalue weighted by Crippen LogP contribution is 2.19. The fourth-order valence-corrected chi connectivity index (χ4v) is 3.01. The molecule has 0 atom stereocenters. The molecule has 0 bridgehead atoms. The van der Waals surface area contributed by atoms with Gasteiger partial charge in [0.1, 0.15) is 0 Å². The maximum Gasteiger partial charge on any atom is 0.259 e. The molecule has 0 saturated heterocycles. The summed E-state index contributed by atoms with van der Waals surface area (Å²) in [7, 11) is -3.51. The van der Waals surface area contributed by atoms with Crippen LogP contribution >= 0.6 is 0 Å². The van der Waals surface area contributed by atoms with E-state index in [1.165, 1.54) is 0 Å². The van der Waals surface area contributed by atoms with Crippen LogP contribution in [0.3, 0.4) is 0 Å². The summed E-state index contributed by atoms with van der Waals surface area (Å²) in [5.74, 6) is -0.304. The smallest absolute Gasteiger partial charge is 0.259 e. The van der Waals surface area contributed by atoms with Crippen LogP contribution in [0.15, 0.2) is 52.8 Å². The molecule has 0 saturated carbocycles. The standard InChI is InChI=1S/C13H12N4O3S/c18-13(15-10-3-5-14-6-4-10)11-2-1-7-17-8-9-21(19,20)16-12(11)17/h1-7H,8-9H2,(H,14,15,18). The Bertz CT molecular complexity index is 766. The second-order valence-electron chi connectivity index (χ2n) is 4.51. The first-order valence-electron chi connectivity index (χ1n) is 6.25. The van der Waals surface area contributed by atoms with Gasteiger partial charge in [-0.3, -0.25) is 9.78 Å². The Balaban J connectivity index is 1.90. The molecule has 3 heterocycles. The molecule has 0 aliphatic carbocycles. The van der Waals surface area contributed by atoms with Crippen LogP contribution in [-0.4, -0.2) is 42.3 Å². The lowest BCUT2D eigenvalue weighted by molar-refractivity contribution is -0.112. The maximum atomic E-state index is 12.3. The number of fused-ring (bicyclic) bond motifs is 1. The van der Waals surface area contributed by atoms with E-state index in [0.717, 1.165) is 0 Å². The van der Waals surface area contributed by atoms with Crippen molar-refractivity contribution in [3.63, 3.8) is 0 Å². The highest BCUT2D eigenvalue weighted by atomic mass is 32.2. The van der Waals surface area contributed by atoms with Crippen molar-refractivity contribution in [2.45, 2.75) is 0 Å². The van der Waals surface area contributed by atoms with Gasteiger partial charge in [0.2, 0.25) is 0 Å². The van der Waals surface area contributed by atoms with Crippen LogP contribution in [-0.2, 0) is 14.8 Å². The molecule has 108 valence electrons. The summed E-state index contributed by atoms with van der Waals surface area (Å²) < 4.78 is 27.0. The third-order valence-corrected chi connectivity index (χ3v) is 4.19. The van der Waals surface area contributed by atoms with Crippen LogP contribution in [0.2, 0.25) is 0 Å². The summed E-state index contributed by atoms with van der Waals surface area (Å²) in [5.41, 5.74) is 0.800. The zero-order valence-corrected chi connectivity index (χ0v) is 11.7. The molecule has 1 aromatic rings. The number of nitrogens with one attached hydrogen (secondary N) is 1. The monoisotopic (exact) mass is 304 g/mol. The Morgan fingerprint density at radius 2 is 2.05 bits per heavy atom. The summed E-state index contributed by atoms with van der Waals surface area (Å²) in [4.78, 5) is 17.8. The molecule has 0 radical (unpaired) electrons. The minimum absolute atomic E-state index is 0.0555. The molecule has 0 unspecified atom stereocenters. The number of allylic oxidation sites excluding steroid dienone is 2. The molecule has 0 aromatic carbocycles. The lowest BCUT2D eigenvalue weighted by atomic mass is 10.1. The number of hydrogen-bond acceptors (Lipinski definition) is 5. The van der Waals surface area contributed by atoms with E-state index < -0.39 is 15.9 Å². The van der Waals surface area contributed by atoms with Gasteiger partial charge < -0.3 is 10.2 Å². The molecule has 21 heavy (non-hydrogen) atoms. The Labute approximate surface area is 121 Å². The van der Waals surface area contributed by atoms with Gasteiger partial charge >= 0.3 is 0 Å². The maximum absolute atomic E-state index is 12.3. The Morgan fingerprint density at radius 1 is 1.29 bits per heavy atom. The van der Waals surface area contributed by atoms with Gasteiger partial charge in [-0.25, -0.2) is 8.42 Å². The lowest BCUT2D eigenvalue weighted by Gasteiger charge is -2.28. The number of hydrogen-bond donors (Lipinski definition) is 1. The molecule has 2 aliphatic rings. The fraction of sp³-hybridized carbons (Fsp3) is 0.154. The number of anilines is 1. The molecule has 3 rings (SSSR count). The van der Waals surface area contributed by atoms with Crippen LogP contribution in [0.1, 0.15) is 0 Å². The summed E-state index contributed by atoms with van der Waals surface area (Å²) >= 11 is 0.